The van der Waals surface area contributed by atoms with Crippen molar-refractivity contribution < 1.29 is 9.53 Å². The highest BCUT2D eigenvalue weighted by molar-refractivity contribution is 5.99. The van der Waals surface area contributed by atoms with Gasteiger partial charge in [-0.25, -0.2) is 0 Å². The maximum atomic E-state index is 12.3. The van der Waals surface area contributed by atoms with Crippen LogP contribution >= 0.6 is 0 Å². The molecule has 0 bridgehead atoms. The van der Waals surface area contributed by atoms with Crippen LogP contribution in [0.4, 0.5) is 0 Å². The second-order valence-electron chi connectivity index (χ2n) is 5.54. The Hall–Kier alpha value is -1.23. The first-order valence-corrected chi connectivity index (χ1v) is 7.87. The number of rotatable bonds is 7. The van der Waals surface area contributed by atoms with Gasteiger partial charge in [0.05, 0.1) is 19.3 Å². The molecule has 0 aliphatic carbocycles. The van der Waals surface area contributed by atoms with Gasteiger partial charge in [0.1, 0.15) is 0 Å². The molecule has 1 atom stereocenters. The molecule has 0 amide bonds. The molecule has 4 nitrogen and oxygen atoms in total. The number of ketones is 1. The van der Waals surface area contributed by atoms with Crippen LogP contribution in [0.25, 0.3) is 0 Å². The van der Waals surface area contributed by atoms with Gasteiger partial charge in [-0.3, -0.25) is 9.69 Å². The molecule has 1 fully saturated rings. The zero-order chi connectivity index (χ0) is 15.1. The molecule has 1 aliphatic rings. The molecule has 21 heavy (non-hydrogen) atoms. The van der Waals surface area contributed by atoms with Crippen molar-refractivity contribution in [3.05, 3.63) is 35.4 Å². The SMILES string of the molecule is CCc1ccc(C(=O)C(C)NCCN2CCOCC2)cc1. The Kier molecular flexibility index (Phi) is 6.36. The Balaban J connectivity index is 1.75. The van der Waals surface area contributed by atoms with E-state index in [-0.39, 0.29) is 11.8 Å². The molecular formula is C17H26N2O2. The first-order chi connectivity index (χ1) is 10.2. The van der Waals surface area contributed by atoms with Crippen LogP contribution in [0.2, 0.25) is 0 Å². The quantitative estimate of drug-likeness (QED) is 0.777. The zero-order valence-electron chi connectivity index (χ0n) is 13.1. The van der Waals surface area contributed by atoms with E-state index in [1.54, 1.807) is 0 Å². The molecule has 1 saturated heterocycles. The van der Waals surface area contributed by atoms with Gasteiger partial charge in [-0.15, -0.1) is 0 Å². The summed E-state index contributed by atoms with van der Waals surface area (Å²) in [5, 5.41) is 3.32. The van der Waals surface area contributed by atoms with Crippen molar-refractivity contribution in [2.45, 2.75) is 26.3 Å². The summed E-state index contributed by atoms with van der Waals surface area (Å²) in [7, 11) is 0. The van der Waals surface area contributed by atoms with Crippen LogP contribution < -0.4 is 5.32 Å². The van der Waals surface area contributed by atoms with Crippen molar-refractivity contribution in [2.24, 2.45) is 0 Å². The highest BCUT2D eigenvalue weighted by Crippen LogP contribution is 2.08. The van der Waals surface area contributed by atoms with Crippen LogP contribution in [0.1, 0.15) is 29.8 Å². The van der Waals surface area contributed by atoms with Crippen molar-refractivity contribution in [2.75, 3.05) is 39.4 Å². The third kappa shape index (κ3) is 4.92. The lowest BCUT2D eigenvalue weighted by Crippen LogP contribution is -2.43. The minimum Gasteiger partial charge on any atom is -0.379 e. The van der Waals surface area contributed by atoms with Gasteiger partial charge in [0.2, 0.25) is 0 Å². The molecule has 0 aromatic heterocycles. The molecule has 116 valence electrons. The summed E-state index contributed by atoms with van der Waals surface area (Å²) in [4.78, 5) is 14.7. The number of Topliss-reactive ketones (excluding diaryl/α,β-unsaturated/α-hetero) is 1. The van der Waals surface area contributed by atoms with Gasteiger partial charge in [-0.1, -0.05) is 31.2 Å². The third-order valence-corrected chi connectivity index (χ3v) is 4.02. The van der Waals surface area contributed by atoms with E-state index in [2.05, 4.69) is 17.1 Å². The number of carbonyl (C=O) groups is 1. The number of nitrogens with zero attached hydrogens (tertiary/aromatic N) is 1. The van der Waals surface area contributed by atoms with Gasteiger partial charge in [0.25, 0.3) is 0 Å². The molecule has 1 N–H and O–H groups in total. The van der Waals surface area contributed by atoms with Gasteiger partial charge >= 0.3 is 0 Å². The Labute approximate surface area is 127 Å². The van der Waals surface area contributed by atoms with Gasteiger partial charge < -0.3 is 10.1 Å². The summed E-state index contributed by atoms with van der Waals surface area (Å²) in [6.07, 6.45) is 1.00. The number of hydrogen-bond acceptors (Lipinski definition) is 4. The van der Waals surface area contributed by atoms with Crippen LogP contribution in [0.5, 0.6) is 0 Å². The van der Waals surface area contributed by atoms with Gasteiger partial charge in [-0.05, 0) is 18.9 Å². The zero-order valence-corrected chi connectivity index (χ0v) is 13.1. The Bertz CT molecular complexity index is 439. The lowest BCUT2D eigenvalue weighted by molar-refractivity contribution is 0.0381. The first kappa shape index (κ1) is 16.1. The van der Waals surface area contributed by atoms with Crippen LogP contribution in [-0.4, -0.2) is 56.1 Å². The second kappa shape index (κ2) is 8.27. The molecule has 0 saturated carbocycles. The minimum absolute atomic E-state index is 0.140. The van der Waals surface area contributed by atoms with E-state index in [1.807, 2.05) is 31.2 Å². The van der Waals surface area contributed by atoms with Crippen molar-refractivity contribution >= 4 is 5.78 Å². The number of ether oxygens (including phenoxy) is 1. The average Bonchev–Trinajstić information content (AvgIpc) is 2.55. The van der Waals surface area contributed by atoms with Crippen LogP contribution in [-0.2, 0) is 11.2 Å². The van der Waals surface area contributed by atoms with Crippen molar-refractivity contribution in [3.63, 3.8) is 0 Å². The smallest absolute Gasteiger partial charge is 0.179 e. The Morgan fingerprint density at radius 2 is 1.95 bits per heavy atom. The standard InChI is InChI=1S/C17H26N2O2/c1-3-15-4-6-16(7-5-15)17(20)14(2)18-8-9-19-10-12-21-13-11-19/h4-7,14,18H,3,8-13H2,1-2H3. The lowest BCUT2D eigenvalue weighted by Gasteiger charge is -2.27. The summed E-state index contributed by atoms with van der Waals surface area (Å²) in [5.41, 5.74) is 2.05. The number of nitrogens with one attached hydrogen (secondary N) is 1. The van der Waals surface area contributed by atoms with E-state index in [0.717, 1.165) is 51.4 Å². The fourth-order valence-corrected chi connectivity index (χ4v) is 2.51. The van der Waals surface area contributed by atoms with Gasteiger partial charge in [-0.2, -0.15) is 0 Å². The predicted molar refractivity (Wildman–Crippen MR) is 84.9 cm³/mol. The topological polar surface area (TPSA) is 41.6 Å². The van der Waals surface area contributed by atoms with Gasteiger partial charge in [0, 0.05) is 31.7 Å². The summed E-state index contributed by atoms with van der Waals surface area (Å²) in [6, 6.07) is 7.79. The highest BCUT2D eigenvalue weighted by atomic mass is 16.5. The molecule has 0 radical (unpaired) electrons. The maximum Gasteiger partial charge on any atom is 0.179 e. The predicted octanol–water partition coefficient (Wildman–Crippen LogP) is 1.74. The van der Waals surface area contributed by atoms with E-state index in [4.69, 9.17) is 4.74 Å². The van der Waals surface area contributed by atoms with Crippen LogP contribution in [0, 0.1) is 0 Å². The average molecular weight is 290 g/mol. The van der Waals surface area contributed by atoms with Crippen molar-refractivity contribution in [3.8, 4) is 0 Å². The summed E-state index contributed by atoms with van der Waals surface area (Å²) in [5.74, 6) is 0.166. The van der Waals surface area contributed by atoms with E-state index < -0.39 is 0 Å². The monoisotopic (exact) mass is 290 g/mol. The molecule has 1 aromatic carbocycles. The van der Waals surface area contributed by atoms with E-state index in [0.29, 0.717) is 0 Å². The number of morpholine rings is 1. The fraction of sp³-hybridized carbons (Fsp3) is 0.588. The molecule has 4 heteroatoms. The molecule has 2 rings (SSSR count). The van der Waals surface area contributed by atoms with Crippen LogP contribution in [0.15, 0.2) is 24.3 Å². The summed E-state index contributed by atoms with van der Waals surface area (Å²) >= 11 is 0. The molecule has 1 heterocycles. The maximum absolute atomic E-state index is 12.3. The number of hydrogen-bond donors (Lipinski definition) is 1. The molecule has 1 aromatic rings. The van der Waals surface area contributed by atoms with E-state index in [9.17, 15) is 4.79 Å². The Morgan fingerprint density at radius 1 is 1.29 bits per heavy atom. The number of carbonyl (C=O) groups excluding carboxylic acids is 1. The van der Waals surface area contributed by atoms with Crippen molar-refractivity contribution in [1.29, 1.82) is 0 Å². The summed E-state index contributed by atoms with van der Waals surface area (Å²) < 4.78 is 5.33. The summed E-state index contributed by atoms with van der Waals surface area (Å²) in [6.45, 7) is 9.47. The van der Waals surface area contributed by atoms with Crippen molar-refractivity contribution in [1.82, 2.24) is 10.2 Å². The molecule has 1 aliphatic heterocycles. The highest BCUT2D eigenvalue weighted by Gasteiger charge is 2.15. The number of aryl methyl sites for hydroxylation is 1. The first-order valence-electron chi connectivity index (χ1n) is 7.87. The Morgan fingerprint density at radius 3 is 2.57 bits per heavy atom. The minimum atomic E-state index is -0.140. The van der Waals surface area contributed by atoms with E-state index in [1.165, 1.54) is 5.56 Å². The lowest BCUT2D eigenvalue weighted by atomic mass is 10.0. The van der Waals surface area contributed by atoms with E-state index >= 15 is 0 Å². The fourth-order valence-electron chi connectivity index (χ4n) is 2.51. The number of benzene rings is 1. The molecule has 0 spiro atoms. The van der Waals surface area contributed by atoms with Crippen LogP contribution in [0.3, 0.4) is 0 Å². The largest absolute Gasteiger partial charge is 0.379 e. The second-order valence-corrected chi connectivity index (χ2v) is 5.54. The normalized spacial score (nSPS) is 17.6. The molecule has 1 unspecified atom stereocenters. The third-order valence-electron chi connectivity index (χ3n) is 4.02. The van der Waals surface area contributed by atoms with Gasteiger partial charge in [0.15, 0.2) is 5.78 Å². The molecular weight excluding hydrogens is 264 g/mol.